The van der Waals surface area contributed by atoms with Crippen LogP contribution in [0, 0.1) is 18.3 Å². The highest BCUT2D eigenvalue weighted by molar-refractivity contribution is 5.59. The van der Waals surface area contributed by atoms with Crippen LogP contribution in [0.1, 0.15) is 31.0 Å². The Morgan fingerprint density at radius 3 is 3.10 bits per heavy atom. The molecule has 2 saturated heterocycles. The topological polar surface area (TPSA) is 58.4 Å². The smallest absolute Gasteiger partial charge is 0.109 e. The molecule has 1 aromatic heterocycles. The fraction of sp³-hybridized carbons (Fsp3) is 0.625. The van der Waals surface area contributed by atoms with Crippen LogP contribution in [0.2, 0.25) is 0 Å². The lowest BCUT2D eigenvalue weighted by atomic mass is 9.93. The highest BCUT2D eigenvalue weighted by Gasteiger charge is 2.41. The number of nitriles is 1. The Morgan fingerprint density at radius 2 is 2.38 bits per heavy atom. The standard InChI is InChI=1S/C16H21N3O2/c1-12-6-15(14(7-17)8-18-12)19-9-13(2)21-16(10-19)4-3-5-20-11-16/h6,8,13H,3-5,9-11H2,1-2H3/t13-,16+/m0/s1. The van der Waals surface area contributed by atoms with Gasteiger partial charge in [-0.25, -0.2) is 0 Å². The largest absolute Gasteiger partial charge is 0.378 e. The number of pyridine rings is 1. The molecule has 0 amide bonds. The van der Waals surface area contributed by atoms with Crippen molar-refractivity contribution in [2.45, 2.75) is 38.4 Å². The van der Waals surface area contributed by atoms with Gasteiger partial charge in [-0.15, -0.1) is 0 Å². The summed E-state index contributed by atoms with van der Waals surface area (Å²) in [6.07, 6.45) is 3.83. The third-order valence-corrected chi connectivity index (χ3v) is 4.17. The average molecular weight is 287 g/mol. The van der Waals surface area contributed by atoms with Crippen LogP contribution in [0.4, 0.5) is 5.69 Å². The minimum atomic E-state index is -0.236. The van der Waals surface area contributed by atoms with Crippen molar-refractivity contribution < 1.29 is 9.47 Å². The molecule has 0 aliphatic carbocycles. The Balaban J connectivity index is 1.91. The molecule has 0 radical (unpaired) electrons. The second-order valence-electron chi connectivity index (χ2n) is 6.10. The first-order valence-electron chi connectivity index (χ1n) is 7.49. The molecule has 1 spiro atoms. The van der Waals surface area contributed by atoms with Crippen molar-refractivity contribution in [1.82, 2.24) is 4.98 Å². The van der Waals surface area contributed by atoms with Crippen molar-refractivity contribution in [2.75, 3.05) is 31.2 Å². The average Bonchev–Trinajstić information content (AvgIpc) is 2.47. The molecule has 5 heteroatoms. The zero-order valence-corrected chi connectivity index (χ0v) is 12.6. The van der Waals surface area contributed by atoms with Gasteiger partial charge in [0, 0.05) is 31.6 Å². The van der Waals surface area contributed by atoms with E-state index in [1.54, 1.807) is 6.20 Å². The lowest BCUT2D eigenvalue weighted by Crippen LogP contribution is -2.58. The van der Waals surface area contributed by atoms with E-state index >= 15 is 0 Å². The minimum absolute atomic E-state index is 0.125. The van der Waals surface area contributed by atoms with Gasteiger partial charge in [0.15, 0.2) is 0 Å². The molecular weight excluding hydrogens is 266 g/mol. The summed E-state index contributed by atoms with van der Waals surface area (Å²) >= 11 is 0. The Hall–Kier alpha value is -1.64. The van der Waals surface area contributed by atoms with Gasteiger partial charge in [-0.05, 0) is 32.8 Å². The Bertz CT molecular complexity index is 561. The minimum Gasteiger partial charge on any atom is -0.378 e. The van der Waals surface area contributed by atoms with Crippen LogP contribution in [-0.4, -0.2) is 43.0 Å². The van der Waals surface area contributed by atoms with Gasteiger partial charge in [0.1, 0.15) is 11.7 Å². The number of ether oxygens (including phenoxy) is 2. The van der Waals surface area contributed by atoms with Crippen LogP contribution in [-0.2, 0) is 9.47 Å². The van der Waals surface area contributed by atoms with Gasteiger partial charge in [-0.2, -0.15) is 5.26 Å². The van der Waals surface area contributed by atoms with Crippen LogP contribution in [0.5, 0.6) is 0 Å². The summed E-state index contributed by atoms with van der Waals surface area (Å²) in [6, 6.07) is 4.24. The van der Waals surface area contributed by atoms with Crippen molar-refractivity contribution >= 4 is 5.69 Å². The van der Waals surface area contributed by atoms with Crippen molar-refractivity contribution in [1.29, 1.82) is 5.26 Å². The number of morpholine rings is 1. The van der Waals surface area contributed by atoms with Crippen molar-refractivity contribution in [3.8, 4) is 6.07 Å². The van der Waals surface area contributed by atoms with E-state index in [0.717, 1.165) is 43.9 Å². The number of hydrogen-bond acceptors (Lipinski definition) is 5. The predicted molar refractivity (Wildman–Crippen MR) is 79.2 cm³/mol. The monoisotopic (exact) mass is 287 g/mol. The summed E-state index contributed by atoms with van der Waals surface area (Å²) in [5.41, 5.74) is 2.28. The summed E-state index contributed by atoms with van der Waals surface area (Å²) in [6.45, 7) is 7.06. The third-order valence-electron chi connectivity index (χ3n) is 4.17. The number of aromatic nitrogens is 1. The van der Waals surface area contributed by atoms with E-state index in [1.807, 2.05) is 13.0 Å². The molecule has 3 heterocycles. The first kappa shape index (κ1) is 14.3. The Labute approximate surface area is 125 Å². The lowest BCUT2D eigenvalue weighted by Gasteiger charge is -2.48. The van der Waals surface area contributed by atoms with E-state index in [-0.39, 0.29) is 11.7 Å². The normalized spacial score (nSPS) is 29.4. The highest BCUT2D eigenvalue weighted by Crippen LogP contribution is 2.33. The summed E-state index contributed by atoms with van der Waals surface area (Å²) in [7, 11) is 0. The van der Waals surface area contributed by atoms with E-state index in [2.05, 4.69) is 22.9 Å². The third kappa shape index (κ3) is 2.87. The van der Waals surface area contributed by atoms with Gasteiger partial charge in [-0.1, -0.05) is 0 Å². The fourth-order valence-corrected chi connectivity index (χ4v) is 3.35. The molecule has 1 aromatic rings. The first-order valence-corrected chi connectivity index (χ1v) is 7.49. The summed E-state index contributed by atoms with van der Waals surface area (Å²) in [5.74, 6) is 0. The number of nitrogens with zero attached hydrogens (tertiary/aromatic N) is 3. The van der Waals surface area contributed by atoms with Crippen molar-refractivity contribution in [2.24, 2.45) is 0 Å². The number of aryl methyl sites for hydroxylation is 1. The van der Waals surface area contributed by atoms with Crippen molar-refractivity contribution in [3.05, 3.63) is 23.5 Å². The zero-order chi connectivity index (χ0) is 14.9. The van der Waals surface area contributed by atoms with Gasteiger partial charge >= 0.3 is 0 Å². The zero-order valence-electron chi connectivity index (χ0n) is 12.6. The molecule has 21 heavy (non-hydrogen) atoms. The van der Waals surface area contributed by atoms with Gasteiger partial charge in [0.25, 0.3) is 0 Å². The molecule has 2 aliphatic heterocycles. The quantitative estimate of drug-likeness (QED) is 0.791. The van der Waals surface area contributed by atoms with Crippen LogP contribution in [0.3, 0.4) is 0 Å². The highest BCUT2D eigenvalue weighted by atomic mass is 16.6. The molecule has 5 nitrogen and oxygen atoms in total. The van der Waals surface area contributed by atoms with Gasteiger partial charge < -0.3 is 14.4 Å². The number of hydrogen-bond donors (Lipinski definition) is 0. The van der Waals surface area contributed by atoms with Crippen LogP contribution in [0.15, 0.2) is 12.3 Å². The van der Waals surface area contributed by atoms with E-state index in [4.69, 9.17) is 9.47 Å². The van der Waals surface area contributed by atoms with Gasteiger partial charge in [0.05, 0.1) is 24.0 Å². The van der Waals surface area contributed by atoms with E-state index in [9.17, 15) is 5.26 Å². The summed E-state index contributed by atoms with van der Waals surface area (Å²) < 4.78 is 11.9. The fourth-order valence-electron chi connectivity index (χ4n) is 3.35. The Morgan fingerprint density at radius 1 is 1.52 bits per heavy atom. The second-order valence-corrected chi connectivity index (χ2v) is 6.10. The molecule has 2 aliphatic rings. The maximum absolute atomic E-state index is 9.34. The molecule has 0 bridgehead atoms. The van der Waals surface area contributed by atoms with Crippen LogP contribution >= 0.6 is 0 Å². The molecule has 0 N–H and O–H groups in total. The molecule has 112 valence electrons. The molecule has 0 unspecified atom stereocenters. The van der Waals surface area contributed by atoms with E-state index < -0.39 is 0 Å². The molecule has 0 saturated carbocycles. The number of rotatable bonds is 1. The Kier molecular flexibility index (Phi) is 3.83. The van der Waals surface area contributed by atoms with Crippen LogP contribution in [0.25, 0.3) is 0 Å². The SMILES string of the molecule is Cc1cc(N2C[C@H](C)O[C@]3(CCCOC3)C2)c(C#N)cn1. The molecular formula is C16H21N3O2. The lowest BCUT2D eigenvalue weighted by molar-refractivity contribution is -0.160. The maximum atomic E-state index is 9.34. The van der Waals surface area contributed by atoms with Crippen molar-refractivity contribution in [3.63, 3.8) is 0 Å². The van der Waals surface area contributed by atoms with Gasteiger partial charge in [0.2, 0.25) is 0 Å². The van der Waals surface area contributed by atoms with E-state index in [1.165, 1.54) is 0 Å². The summed E-state index contributed by atoms with van der Waals surface area (Å²) in [5, 5.41) is 9.34. The molecule has 3 rings (SSSR count). The summed E-state index contributed by atoms with van der Waals surface area (Å²) in [4.78, 5) is 6.48. The van der Waals surface area contributed by atoms with Gasteiger partial charge in [-0.3, -0.25) is 4.98 Å². The molecule has 0 aromatic carbocycles. The first-order chi connectivity index (χ1) is 10.1. The van der Waals surface area contributed by atoms with E-state index in [0.29, 0.717) is 12.2 Å². The van der Waals surface area contributed by atoms with Crippen LogP contribution < -0.4 is 4.90 Å². The maximum Gasteiger partial charge on any atom is 0.109 e. The second kappa shape index (κ2) is 5.63. The number of anilines is 1. The molecule has 2 fully saturated rings. The molecule has 2 atom stereocenters. The predicted octanol–water partition coefficient (Wildman–Crippen LogP) is 2.04.